The maximum absolute atomic E-state index is 12.0. The molecule has 0 saturated carbocycles. The Labute approximate surface area is 132 Å². The van der Waals surface area contributed by atoms with Gasteiger partial charge in [-0.1, -0.05) is 13.3 Å². The molecule has 1 atom stereocenters. The van der Waals surface area contributed by atoms with Crippen molar-refractivity contribution in [2.75, 3.05) is 6.54 Å². The van der Waals surface area contributed by atoms with Crippen LogP contribution in [0.3, 0.4) is 0 Å². The smallest absolute Gasteiger partial charge is 0.307 e. The summed E-state index contributed by atoms with van der Waals surface area (Å²) in [5, 5.41) is 8.98. The fraction of sp³-hybridized carbons (Fsp3) is 0.500. The molecule has 0 amide bonds. The van der Waals surface area contributed by atoms with Crippen molar-refractivity contribution in [3.63, 3.8) is 0 Å². The predicted molar refractivity (Wildman–Crippen MR) is 80.9 cm³/mol. The van der Waals surface area contributed by atoms with Crippen molar-refractivity contribution < 1.29 is 18.3 Å². The molecule has 0 spiro atoms. The number of nitrogens with one attached hydrogen (secondary N) is 1. The number of sulfonamides is 1. The van der Waals surface area contributed by atoms with Crippen LogP contribution in [0.5, 0.6) is 0 Å². The predicted octanol–water partition coefficient (Wildman–Crippen LogP) is 3.05. The van der Waals surface area contributed by atoms with E-state index in [1.807, 2.05) is 6.92 Å². The minimum Gasteiger partial charge on any atom is -0.481 e. The molecule has 1 aromatic rings. The first-order valence-electron chi connectivity index (χ1n) is 5.45. The third-order valence-electron chi connectivity index (χ3n) is 2.42. The van der Waals surface area contributed by atoms with Gasteiger partial charge in [-0.3, -0.25) is 4.79 Å². The number of carboxylic acids is 1. The van der Waals surface area contributed by atoms with Gasteiger partial charge in [-0.15, -0.1) is 11.3 Å². The van der Waals surface area contributed by atoms with Crippen LogP contribution in [0.2, 0.25) is 0 Å². The summed E-state index contributed by atoms with van der Waals surface area (Å²) >= 11 is 7.62. The highest BCUT2D eigenvalue weighted by atomic mass is 79.9. The van der Waals surface area contributed by atoms with E-state index < -0.39 is 21.9 Å². The molecule has 108 valence electrons. The average Bonchev–Trinajstić information content (AvgIpc) is 2.64. The van der Waals surface area contributed by atoms with Gasteiger partial charge in [-0.2, -0.15) is 0 Å². The lowest BCUT2D eigenvalue weighted by atomic mass is 10.1. The molecule has 2 N–H and O–H groups in total. The van der Waals surface area contributed by atoms with Crippen LogP contribution in [0.4, 0.5) is 0 Å². The van der Waals surface area contributed by atoms with Crippen molar-refractivity contribution in [2.45, 2.75) is 24.7 Å². The van der Waals surface area contributed by atoms with Crippen LogP contribution in [0.25, 0.3) is 0 Å². The molecule has 0 saturated heterocycles. The van der Waals surface area contributed by atoms with Crippen molar-refractivity contribution in [2.24, 2.45) is 5.92 Å². The van der Waals surface area contributed by atoms with Crippen LogP contribution >= 0.6 is 43.2 Å². The molecule has 0 radical (unpaired) electrons. The highest BCUT2D eigenvalue weighted by Gasteiger charge is 2.24. The SMILES string of the molecule is CCCC(CNS(=O)(=O)c1cc(Br)sc1Br)C(=O)O. The molecule has 1 aromatic heterocycles. The molecule has 19 heavy (non-hydrogen) atoms. The van der Waals surface area contributed by atoms with Crippen molar-refractivity contribution in [1.82, 2.24) is 4.72 Å². The lowest BCUT2D eigenvalue weighted by molar-refractivity contribution is -0.141. The Bertz CT molecular complexity index is 556. The molecule has 0 fully saturated rings. The number of carbonyl (C=O) groups is 1. The lowest BCUT2D eigenvalue weighted by Gasteiger charge is -2.12. The summed E-state index contributed by atoms with van der Waals surface area (Å²) in [6.07, 6.45) is 1.12. The second-order valence-electron chi connectivity index (χ2n) is 3.86. The van der Waals surface area contributed by atoms with E-state index in [1.165, 1.54) is 17.4 Å². The molecular formula is C10H13Br2NO4S2. The standard InChI is InChI=1S/C10H13Br2NO4S2/c1-2-3-6(10(14)15)5-13-19(16,17)7-4-8(11)18-9(7)12/h4,6,13H,2-3,5H2,1H3,(H,14,15). The largest absolute Gasteiger partial charge is 0.481 e. The minimum absolute atomic E-state index is 0.106. The summed E-state index contributed by atoms with van der Waals surface area (Å²) in [6.45, 7) is 1.75. The molecule has 1 rings (SSSR count). The van der Waals surface area contributed by atoms with E-state index in [2.05, 4.69) is 36.6 Å². The first-order valence-corrected chi connectivity index (χ1v) is 9.33. The van der Waals surface area contributed by atoms with Gasteiger partial charge in [0, 0.05) is 6.54 Å². The molecular weight excluding hydrogens is 422 g/mol. The molecule has 9 heteroatoms. The van der Waals surface area contributed by atoms with Crippen LogP contribution in [-0.4, -0.2) is 26.0 Å². The first-order chi connectivity index (χ1) is 8.77. The number of thiophene rings is 1. The Morgan fingerprint density at radius 1 is 1.53 bits per heavy atom. The van der Waals surface area contributed by atoms with E-state index in [9.17, 15) is 13.2 Å². The average molecular weight is 435 g/mol. The summed E-state index contributed by atoms with van der Waals surface area (Å²) in [7, 11) is -3.70. The van der Waals surface area contributed by atoms with Crippen LogP contribution in [0.15, 0.2) is 18.5 Å². The normalized spacial score (nSPS) is 13.4. The molecule has 1 unspecified atom stereocenters. The van der Waals surface area contributed by atoms with Gasteiger partial charge in [0.15, 0.2) is 0 Å². The quantitative estimate of drug-likeness (QED) is 0.690. The Morgan fingerprint density at radius 3 is 2.58 bits per heavy atom. The monoisotopic (exact) mass is 433 g/mol. The third-order valence-corrected chi connectivity index (χ3v) is 6.60. The van der Waals surface area contributed by atoms with Crippen LogP contribution in [0, 0.1) is 5.92 Å². The summed E-state index contributed by atoms with van der Waals surface area (Å²) in [5.41, 5.74) is 0. The zero-order valence-corrected chi connectivity index (χ0v) is 14.8. The van der Waals surface area contributed by atoms with Gasteiger partial charge in [-0.05, 0) is 44.3 Å². The van der Waals surface area contributed by atoms with E-state index in [0.29, 0.717) is 20.4 Å². The molecule has 5 nitrogen and oxygen atoms in total. The molecule has 0 aliphatic carbocycles. The number of halogens is 2. The maximum atomic E-state index is 12.0. The Kier molecular flexibility index (Phi) is 6.44. The Morgan fingerprint density at radius 2 is 2.16 bits per heavy atom. The number of carboxylic acid groups (broad SMARTS) is 1. The highest BCUT2D eigenvalue weighted by Crippen LogP contribution is 2.34. The molecule has 0 aliphatic heterocycles. The van der Waals surface area contributed by atoms with Gasteiger partial charge >= 0.3 is 5.97 Å². The topological polar surface area (TPSA) is 83.5 Å². The van der Waals surface area contributed by atoms with Crippen molar-refractivity contribution in [3.8, 4) is 0 Å². The fourth-order valence-corrected chi connectivity index (χ4v) is 6.35. The van der Waals surface area contributed by atoms with E-state index in [4.69, 9.17) is 5.11 Å². The Hall–Kier alpha value is 0.0400. The zero-order valence-electron chi connectivity index (χ0n) is 10.0. The molecule has 0 aromatic carbocycles. The van der Waals surface area contributed by atoms with E-state index >= 15 is 0 Å². The van der Waals surface area contributed by atoms with Gasteiger partial charge in [0.1, 0.15) is 4.90 Å². The summed E-state index contributed by atoms with van der Waals surface area (Å²) in [6, 6.07) is 1.48. The number of aliphatic carboxylic acids is 1. The first kappa shape index (κ1) is 17.1. The van der Waals surface area contributed by atoms with Crippen LogP contribution < -0.4 is 4.72 Å². The Balaban J connectivity index is 2.80. The van der Waals surface area contributed by atoms with Crippen molar-refractivity contribution in [3.05, 3.63) is 13.6 Å². The van der Waals surface area contributed by atoms with Crippen LogP contribution in [-0.2, 0) is 14.8 Å². The van der Waals surface area contributed by atoms with Gasteiger partial charge < -0.3 is 5.11 Å². The maximum Gasteiger partial charge on any atom is 0.307 e. The summed E-state index contributed by atoms with van der Waals surface area (Å²) in [5.74, 6) is -1.70. The number of hydrogen-bond donors (Lipinski definition) is 2. The highest BCUT2D eigenvalue weighted by molar-refractivity contribution is 9.12. The number of hydrogen-bond acceptors (Lipinski definition) is 4. The lowest BCUT2D eigenvalue weighted by Crippen LogP contribution is -2.32. The fourth-order valence-electron chi connectivity index (χ4n) is 1.46. The van der Waals surface area contributed by atoms with E-state index in [-0.39, 0.29) is 11.4 Å². The van der Waals surface area contributed by atoms with Gasteiger partial charge in [0.25, 0.3) is 0 Å². The second kappa shape index (κ2) is 7.16. The molecule has 1 heterocycles. The molecule has 0 bridgehead atoms. The number of rotatable bonds is 7. The minimum atomic E-state index is -3.70. The molecule has 0 aliphatic rings. The zero-order chi connectivity index (χ0) is 14.6. The van der Waals surface area contributed by atoms with E-state index in [1.54, 1.807) is 0 Å². The van der Waals surface area contributed by atoms with Crippen molar-refractivity contribution >= 4 is 59.2 Å². The second-order valence-corrected chi connectivity index (χ2v) is 9.35. The summed E-state index contributed by atoms with van der Waals surface area (Å²) in [4.78, 5) is 11.1. The third kappa shape index (κ3) is 4.82. The summed E-state index contributed by atoms with van der Waals surface area (Å²) < 4.78 is 27.6. The van der Waals surface area contributed by atoms with Gasteiger partial charge in [0.05, 0.1) is 13.5 Å². The van der Waals surface area contributed by atoms with E-state index in [0.717, 1.165) is 0 Å². The van der Waals surface area contributed by atoms with Gasteiger partial charge in [0.2, 0.25) is 10.0 Å². The van der Waals surface area contributed by atoms with Crippen LogP contribution in [0.1, 0.15) is 19.8 Å². The van der Waals surface area contributed by atoms with Crippen molar-refractivity contribution in [1.29, 1.82) is 0 Å². The van der Waals surface area contributed by atoms with Gasteiger partial charge in [-0.25, -0.2) is 13.1 Å².